The van der Waals surface area contributed by atoms with Crippen LogP contribution < -0.4 is 10.6 Å². The highest BCUT2D eigenvalue weighted by Gasteiger charge is 2.15. The van der Waals surface area contributed by atoms with Gasteiger partial charge in [0.25, 0.3) is 0 Å². The van der Waals surface area contributed by atoms with Gasteiger partial charge in [-0.25, -0.2) is 29.1 Å². The molecule has 2 N–H and O–H groups in total. The van der Waals surface area contributed by atoms with E-state index in [1.54, 1.807) is 31.8 Å². The van der Waals surface area contributed by atoms with Gasteiger partial charge in [-0.05, 0) is 48.4 Å². The first-order chi connectivity index (χ1) is 16.1. The van der Waals surface area contributed by atoms with Crippen LogP contribution in [0.15, 0.2) is 55.0 Å². The summed E-state index contributed by atoms with van der Waals surface area (Å²) in [5.74, 6) is -0.216. The third-order valence-electron chi connectivity index (χ3n) is 5.09. The largest absolute Gasteiger partial charge is 0.383 e. The second-order valence-corrected chi connectivity index (χ2v) is 7.24. The van der Waals surface area contributed by atoms with Crippen LogP contribution in [-0.2, 0) is 11.2 Å². The van der Waals surface area contributed by atoms with E-state index in [-0.39, 0.29) is 11.8 Å². The monoisotopic (exact) mass is 446 g/mol. The number of methoxy groups -OCH3 is 1. The van der Waals surface area contributed by atoms with Crippen LogP contribution in [0.4, 0.5) is 15.1 Å². The number of ether oxygens (including phenoxy) is 1. The number of benzene rings is 2. The quantitative estimate of drug-likeness (QED) is 0.412. The minimum absolute atomic E-state index is 0.131. The fraction of sp³-hybridized carbons (Fsp3) is 0.208. The van der Waals surface area contributed by atoms with Crippen molar-refractivity contribution in [1.29, 1.82) is 0 Å². The van der Waals surface area contributed by atoms with Crippen molar-refractivity contribution in [2.45, 2.75) is 13.3 Å². The molecule has 8 nitrogen and oxygen atoms in total. The second-order valence-electron chi connectivity index (χ2n) is 7.24. The van der Waals surface area contributed by atoms with Gasteiger partial charge in [-0.15, -0.1) is 0 Å². The molecule has 0 aliphatic carbocycles. The Kier molecular flexibility index (Phi) is 6.80. The lowest BCUT2D eigenvalue weighted by molar-refractivity contribution is 0.198. The average Bonchev–Trinajstić information content (AvgIpc) is 2.84. The van der Waals surface area contributed by atoms with Crippen molar-refractivity contribution in [2.75, 3.05) is 25.6 Å². The van der Waals surface area contributed by atoms with Gasteiger partial charge in [-0.3, -0.25) is 5.32 Å². The number of aromatic nitrogens is 4. The van der Waals surface area contributed by atoms with Crippen molar-refractivity contribution in [3.63, 3.8) is 0 Å². The standard InChI is InChI=1S/C24H23FN6O2/c1-3-20-18-12-16(6-9-21(18)29-14-28-20)19-13-27-23(31-24(32)26-10-11-33-2)30-22(19)15-4-7-17(25)8-5-15/h4-9,12-14H,3,10-11H2,1-2H3,(H2,26,27,30,31,32). The van der Waals surface area contributed by atoms with Crippen molar-refractivity contribution in [3.8, 4) is 22.4 Å². The minimum Gasteiger partial charge on any atom is -0.383 e. The van der Waals surface area contributed by atoms with Crippen molar-refractivity contribution in [2.24, 2.45) is 0 Å². The molecule has 2 amide bonds. The number of rotatable bonds is 7. The van der Waals surface area contributed by atoms with Gasteiger partial charge >= 0.3 is 6.03 Å². The third-order valence-corrected chi connectivity index (χ3v) is 5.09. The number of nitrogens with zero attached hydrogens (tertiary/aromatic N) is 4. The first-order valence-electron chi connectivity index (χ1n) is 10.5. The number of urea groups is 1. The van der Waals surface area contributed by atoms with E-state index in [1.165, 1.54) is 12.1 Å². The minimum atomic E-state index is -0.444. The predicted octanol–water partition coefficient (Wildman–Crippen LogP) is 4.22. The van der Waals surface area contributed by atoms with E-state index < -0.39 is 6.03 Å². The summed E-state index contributed by atoms with van der Waals surface area (Å²) in [5.41, 5.74) is 4.64. The Bertz CT molecular complexity index is 1280. The Morgan fingerprint density at radius 3 is 2.61 bits per heavy atom. The molecule has 168 valence electrons. The van der Waals surface area contributed by atoms with Crippen LogP contribution in [0.3, 0.4) is 0 Å². The molecular formula is C24H23FN6O2. The first kappa shape index (κ1) is 22.2. The van der Waals surface area contributed by atoms with Crippen LogP contribution in [0.25, 0.3) is 33.3 Å². The van der Waals surface area contributed by atoms with E-state index in [1.807, 2.05) is 25.1 Å². The maximum Gasteiger partial charge on any atom is 0.321 e. The van der Waals surface area contributed by atoms with Crippen LogP contribution in [0.5, 0.6) is 0 Å². The van der Waals surface area contributed by atoms with Gasteiger partial charge < -0.3 is 10.1 Å². The zero-order valence-electron chi connectivity index (χ0n) is 18.3. The number of amides is 2. The summed E-state index contributed by atoms with van der Waals surface area (Å²) in [7, 11) is 1.55. The number of hydrogen-bond donors (Lipinski definition) is 2. The molecule has 0 bridgehead atoms. The molecule has 0 aliphatic heterocycles. The van der Waals surface area contributed by atoms with Crippen molar-refractivity contribution in [1.82, 2.24) is 25.3 Å². The molecule has 9 heteroatoms. The molecule has 0 radical (unpaired) electrons. The van der Waals surface area contributed by atoms with E-state index in [4.69, 9.17) is 4.74 Å². The van der Waals surface area contributed by atoms with Gasteiger partial charge in [-0.1, -0.05) is 13.0 Å². The van der Waals surface area contributed by atoms with Crippen LogP contribution in [0, 0.1) is 5.82 Å². The van der Waals surface area contributed by atoms with Crippen molar-refractivity contribution >= 4 is 22.9 Å². The molecule has 0 unspecified atom stereocenters. The maximum absolute atomic E-state index is 13.6. The molecule has 0 spiro atoms. The molecule has 2 aromatic carbocycles. The molecule has 0 saturated carbocycles. The summed E-state index contributed by atoms with van der Waals surface area (Å²) in [6.45, 7) is 2.78. The van der Waals surface area contributed by atoms with Crippen LogP contribution >= 0.6 is 0 Å². The van der Waals surface area contributed by atoms with Gasteiger partial charge in [0.2, 0.25) is 5.95 Å². The van der Waals surface area contributed by atoms with Crippen molar-refractivity contribution < 1.29 is 13.9 Å². The van der Waals surface area contributed by atoms with Gasteiger partial charge in [0.05, 0.1) is 23.5 Å². The van der Waals surface area contributed by atoms with E-state index >= 15 is 0 Å². The summed E-state index contributed by atoms with van der Waals surface area (Å²) >= 11 is 0. The predicted molar refractivity (Wildman–Crippen MR) is 124 cm³/mol. The lowest BCUT2D eigenvalue weighted by Gasteiger charge is -2.13. The molecule has 33 heavy (non-hydrogen) atoms. The summed E-state index contributed by atoms with van der Waals surface area (Å²) in [6.07, 6.45) is 3.98. The van der Waals surface area contributed by atoms with Gasteiger partial charge in [0.1, 0.15) is 12.1 Å². The number of carbonyl (C=O) groups excluding carboxylic acids is 1. The summed E-state index contributed by atoms with van der Waals surface area (Å²) in [6, 6.07) is 11.5. The zero-order valence-corrected chi connectivity index (χ0v) is 18.3. The normalized spacial score (nSPS) is 10.9. The smallest absolute Gasteiger partial charge is 0.321 e. The number of aryl methyl sites for hydroxylation is 1. The number of hydrogen-bond acceptors (Lipinski definition) is 6. The fourth-order valence-corrected chi connectivity index (χ4v) is 3.45. The molecule has 0 saturated heterocycles. The Hall–Kier alpha value is -3.98. The molecular weight excluding hydrogens is 423 g/mol. The lowest BCUT2D eigenvalue weighted by atomic mass is 9.98. The number of carbonyl (C=O) groups is 1. The topological polar surface area (TPSA) is 102 Å². The van der Waals surface area contributed by atoms with E-state index in [9.17, 15) is 9.18 Å². The fourth-order valence-electron chi connectivity index (χ4n) is 3.45. The second kappa shape index (κ2) is 10.1. The summed E-state index contributed by atoms with van der Waals surface area (Å²) in [4.78, 5) is 29.8. The zero-order chi connectivity index (χ0) is 23.2. The number of nitrogens with one attached hydrogen (secondary N) is 2. The highest BCUT2D eigenvalue weighted by molar-refractivity contribution is 5.91. The van der Waals surface area contributed by atoms with E-state index in [0.717, 1.165) is 34.1 Å². The molecule has 4 aromatic rings. The highest BCUT2D eigenvalue weighted by atomic mass is 19.1. The Morgan fingerprint density at radius 1 is 1.06 bits per heavy atom. The number of fused-ring (bicyclic) bond motifs is 1. The van der Waals surface area contributed by atoms with Crippen LogP contribution in [-0.4, -0.2) is 46.2 Å². The first-order valence-corrected chi connectivity index (χ1v) is 10.5. The Labute approximate surface area is 190 Å². The van der Waals surface area contributed by atoms with E-state index in [0.29, 0.717) is 24.4 Å². The molecule has 0 atom stereocenters. The van der Waals surface area contributed by atoms with E-state index in [2.05, 4.69) is 30.6 Å². The molecule has 0 aliphatic rings. The van der Waals surface area contributed by atoms with Crippen molar-refractivity contribution in [3.05, 3.63) is 66.5 Å². The third kappa shape index (κ3) is 5.09. The summed E-state index contributed by atoms with van der Waals surface area (Å²) < 4.78 is 18.5. The summed E-state index contributed by atoms with van der Waals surface area (Å²) in [5, 5.41) is 6.23. The number of anilines is 1. The molecule has 4 rings (SSSR count). The molecule has 0 fully saturated rings. The highest BCUT2D eigenvalue weighted by Crippen LogP contribution is 2.33. The van der Waals surface area contributed by atoms with Crippen LogP contribution in [0.2, 0.25) is 0 Å². The van der Waals surface area contributed by atoms with Gasteiger partial charge in [-0.2, -0.15) is 0 Å². The Balaban J connectivity index is 1.76. The van der Waals surface area contributed by atoms with Gasteiger partial charge in [0, 0.05) is 36.4 Å². The Morgan fingerprint density at radius 2 is 1.85 bits per heavy atom. The molecule has 2 aromatic heterocycles. The average molecular weight is 446 g/mol. The maximum atomic E-state index is 13.6. The van der Waals surface area contributed by atoms with Gasteiger partial charge in [0.15, 0.2) is 0 Å². The SMILES string of the molecule is CCc1ncnc2ccc(-c3cnc(NC(=O)NCCOC)nc3-c3ccc(F)cc3)cc12. The lowest BCUT2D eigenvalue weighted by Crippen LogP contribution is -2.32. The van der Waals surface area contributed by atoms with Crippen LogP contribution in [0.1, 0.15) is 12.6 Å². The number of halogens is 1. The molecule has 2 heterocycles.